The maximum Gasteiger partial charge on any atom is 0.341 e. The summed E-state index contributed by atoms with van der Waals surface area (Å²) < 4.78 is 26.6. The Morgan fingerprint density at radius 2 is 1.94 bits per heavy atom. The van der Waals surface area contributed by atoms with Crippen molar-refractivity contribution in [3.8, 4) is 22.8 Å². The summed E-state index contributed by atoms with van der Waals surface area (Å²) in [5, 5.41) is 4.60. The third-order valence-corrected chi connectivity index (χ3v) is 6.41. The molecule has 1 amide bonds. The number of hydrogen-bond acceptors (Lipinski definition) is 10. The van der Waals surface area contributed by atoms with Gasteiger partial charge in [-0.1, -0.05) is 0 Å². The molecule has 2 aromatic heterocycles. The number of carbonyl (C=O) groups is 3. The van der Waals surface area contributed by atoms with E-state index in [1.807, 2.05) is 6.07 Å². The Morgan fingerprint density at radius 3 is 2.71 bits per heavy atom. The molecule has 1 aromatic carbocycles. The van der Waals surface area contributed by atoms with Crippen molar-refractivity contribution in [1.29, 1.82) is 0 Å². The second-order valence-electron chi connectivity index (χ2n) is 6.85. The van der Waals surface area contributed by atoms with Crippen molar-refractivity contribution in [3.05, 3.63) is 47.5 Å². The van der Waals surface area contributed by atoms with Gasteiger partial charge in [0, 0.05) is 15.8 Å². The highest BCUT2D eigenvalue weighted by Gasteiger charge is 2.24. The molecular weight excluding hydrogens is 482 g/mol. The zero-order valence-electron chi connectivity index (χ0n) is 18.2. The Hall–Kier alpha value is -3.44. The van der Waals surface area contributed by atoms with E-state index in [0.717, 1.165) is 16.2 Å². The SMILES string of the molecule is CCOC(=O)c1c(-c2ccco2)csc1NC(=O)COC(=O)CSc1ccc2c(c1)OCCO2. The van der Waals surface area contributed by atoms with Crippen LogP contribution in [0.5, 0.6) is 11.5 Å². The summed E-state index contributed by atoms with van der Waals surface area (Å²) in [6, 6.07) is 8.81. The van der Waals surface area contributed by atoms with Gasteiger partial charge in [0.05, 0.1) is 18.6 Å². The minimum absolute atomic E-state index is 0.0165. The minimum Gasteiger partial charge on any atom is -0.486 e. The highest BCUT2D eigenvalue weighted by atomic mass is 32.2. The van der Waals surface area contributed by atoms with Gasteiger partial charge in [0.15, 0.2) is 18.1 Å². The number of ether oxygens (including phenoxy) is 4. The van der Waals surface area contributed by atoms with Crippen molar-refractivity contribution in [3.63, 3.8) is 0 Å². The van der Waals surface area contributed by atoms with Crippen LogP contribution >= 0.6 is 23.1 Å². The molecule has 3 heterocycles. The average molecular weight is 504 g/mol. The van der Waals surface area contributed by atoms with Gasteiger partial charge in [0.25, 0.3) is 5.91 Å². The molecule has 34 heavy (non-hydrogen) atoms. The van der Waals surface area contributed by atoms with E-state index in [2.05, 4.69) is 5.32 Å². The fraction of sp³-hybridized carbons (Fsp3) is 0.261. The fourth-order valence-corrected chi connectivity index (χ4v) is 4.75. The summed E-state index contributed by atoms with van der Waals surface area (Å²) in [4.78, 5) is 37.8. The van der Waals surface area contributed by atoms with Crippen LogP contribution in [0.4, 0.5) is 5.00 Å². The molecule has 0 fully saturated rings. The van der Waals surface area contributed by atoms with E-state index < -0.39 is 24.5 Å². The molecule has 0 unspecified atom stereocenters. The molecule has 0 radical (unpaired) electrons. The molecule has 9 nitrogen and oxygen atoms in total. The lowest BCUT2D eigenvalue weighted by atomic mass is 10.1. The lowest BCUT2D eigenvalue weighted by Gasteiger charge is -2.18. The molecule has 0 spiro atoms. The summed E-state index contributed by atoms with van der Waals surface area (Å²) in [5.74, 6) is 0.0785. The summed E-state index contributed by atoms with van der Waals surface area (Å²) >= 11 is 2.41. The zero-order valence-corrected chi connectivity index (χ0v) is 19.8. The minimum atomic E-state index is -0.585. The number of benzene rings is 1. The molecule has 0 bridgehead atoms. The van der Waals surface area contributed by atoms with Crippen LogP contribution in [-0.4, -0.2) is 50.0 Å². The van der Waals surface area contributed by atoms with Gasteiger partial charge in [0.1, 0.15) is 29.5 Å². The first kappa shape index (κ1) is 23.7. The van der Waals surface area contributed by atoms with Crippen LogP contribution in [0.15, 0.2) is 51.3 Å². The standard InChI is InChI=1S/C23H21NO8S2/c1-2-28-23(27)21-15(16-4-3-7-29-16)12-34-22(21)24-19(25)11-32-20(26)13-33-14-5-6-17-18(10-14)31-9-8-30-17/h3-7,10,12H,2,8-9,11,13H2,1H3,(H,24,25). The van der Waals surface area contributed by atoms with Crippen molar-refractivity contribution in [2.75, 3.05) is 37.5 Å². The van der Waals surface area contributed by atoms with Crippen LogP contribution in [-0.2, 0) is 19.1 Å². The number of thioether (sulfide) groups is 1. The number of esters is 2. The van der Waals surface area contributed by atoms with Crippen LogP contribution in [0, 0.1) is 0 Å². The normalized spacial score (nSPS) is 12.1. The lowest BCUT2D eigenvalue weighted by molar-refractivity contribution is -0.144. The average Bonchev–Trinajstić information content (AvgIpc) is 3.51. The summed E-state index contributed by atoms with van der Waals surface area (Å²) in [7, 11) is 0. The number of hydrogen-bond donors (Lipinski definition) is 1. The number of furan rings is 1. The number of carbonyl (C=O) groups excluding carboxylic acids is 3. The Morgan fingerprint density at radius 1 is 1.12 bits per heavy atom. The Labute approximate surface area is 203 Å². The maximum absolute atomic E-state index is 12.5. The Kier molecular flexibility index (Phi) is 7.76. The summed E-state index contributed by atoms with van der Waals surface area (Å²) in [6.45, 7) is 2.36. The van der Waals surface area contributed by atoms with E-state index in [1.165, 1.54) is 18.0 Å². The molecule has 0 saturated carbocycles. The highest BCUT2D eigenvalue weighted by Crippen LogP contribution is 2.37. The number of thiophene rings is 1. The second kappa shape index (κ2) is 11.1. The quantitative estimate of drug-likeness (QED) is 0.338. The van der Waals surface area contributed by atoms with Crippen molar-refractivity contribution in [2.24, 2.45) is 0 Å². The van der Waals surface area contributed by atoms with Gasteiger partial charge in [-0.25, -0.2) is 4.79 Å². The van der Waals surface area contributed by atoms with Gasteiger partial charge in [-0.05, 0) is 37.3 Å². The topological polar surface area (TPSA) is 113 Å². The number of rotatable bonds is 9. The fourth-order valence-electron chi connectivity index (χ4n) is 3.08. The molecule has 0 aliphatic carbocycles. The zero-order chi connectivity index (χ0) is 23.9. The van der Waals surface area contributed by atoms with E-state index in [4.69, 9.17) is 23.4 Å². The van der Waals surface area contributed by atoms with Crippen molar-refractivity contribution < 1.29 is 37.7 Å². The summed E-state index contributed by atoms with van der Waals surface area (Å²) in [5.41, 5.74) is 0.701. The van der Waals surface area contributed by atoms with Gasteiger partial charge in [-0.15, -0.1) is 23.1 Å². The second-order valence-corrected chi connectivity index (χ2v) is 8.78. The van der Waals surface area contributed by atoms with Gasteiger partial charge < -0.3 is 28.7 Å². The molecule has 1 aliphatic heterocycles. The smallest absolute Gasteiger partial charge is 0.341 e. The molecule has 178 valence electrons. The maximum atomic E-state index is 12.5. The predicted molar refractivity (Wildman–Crippen MR) is 126 cm³/mol. The summed E-state index contributed by atoms with van der Waals surface area (Å²) in [6.07, 6.45) is 1.49. The van der Waals surface area contributed by atoms with Gasteiger partial charge in [-0.3, -0.25) is 9.59 Å². The first-order chi connectivity index (χ1) is 16.5. The van der Waals surface area contributed by atoms with Gasteiger partial charge >= 0.3 is 11.9 Å². The van der Waals surface area contributed by atoms with E-state index >= 15 is 0 Å². The predicted octanol–water partition coefficient (Wildman–Crippen LogP) is 4.23. The van der Waals surface area contributed by atoms with Crippen LogP contribution in [0.2, 0.25) is 0 Å². The molecular formula is C23H21NO8S2. The molecule has 0 saturated heterocycles. The lowest BCUT2D eigenvalue weighted by Crippen LogP contribution is -2.22. The Balaban J connectivity index is 1.31. The number of nitrogens with one attached hydrogen (secondary N) is 1. The third kappa shape index (κ3) is 5.72. The number of anilines is 1. The number of fused-ring (bicyclic) bond motifs is 1. The monoisotopic (exact) mass is 503 g/mol. The third-order valence-electron chi connectivity index (χ3n) is 4.54. The van der Waals surface area contributed by atoms with Crippen LogP contribution in [0.3, 0.4) is 0 Å². The highest BCUT2D eigenvalue weighted by molar-refractivity contribution is 8.00. The Bertz CT molecular complexity index is 1170. The largest absolute Gasteiger partial charge is 0.486 e. The van der Waals surface area contributed by atoms with Crippen LogP contribution in [0.25, 0.3) is 11.3 Å². The van der Waals surface area contributed by atoms with Gasteiger partial charge in [-0.2, -0.15) is 0 Å². The van der Waals surface area contributed by atoms with Crippen LogP contribution < -0.4 is 14.8 Å². The van der Waals surface area contributed by atoms with E-state index in [0.29, 0.717) is 36.0 Å². The molecule has 11 heteroatoms. The molecule has 0 atom stereocenters. The molecule has 4 rings (SSSR count). The van der Waals surface area contributed by atoms with E-state index in [9.17, 15) is 14.4 Å². The van der Waals surface area contributed by atoms with Crippen molar-refractivity contribution in [1.82, 2.24) is 0 Å². The molecule has 1 N–H and O–H groups in total. The van der Waals surface area contributed by atoms with Crippen molar-refractivity contribution in [2.45, 2.75) is 11.8 Å². The van der Waals surface area contributed by atoms with E-state index in [1.54, 1.807) is 36.6 Å². The van der Waals surface area contributed by atoms with E-state index in [-0.39, 0.29) is 22.9 Å². The number of amides is 1. The van der Waals surface area contributed by atoms with Crippen LogP contribution in [0.1, 0.15) is 17.3 Å². The molecule has 3 aromatic rings. The molecule has 1 aliphatic rings. The van der Waals surface area contributed by atoms with Crippen molar-refractivity contribution >= 4 is 45.9 Å². The first-order valence-corrected chi connectivity index (χ1v) is 12.2. The first-order valence-electron chi connectivity index (χ1n) is 10.4. The van der Waals surface area contributed by atoms with Gasteiger partial charge in [0.2, 0.25) is 0 Å².